The summed E-state index contributed by atoms with van der Waals surface area (Å²) in [6.07, 6.45) is 5.06. The molecular weight excluding hydrogens is 302 g/mol. The fourth-order valence-corrected chi connectivity index (χ4v) is 3.24. The normalized spacial score (nSPS) is 15.0. The van der Waals surface area contributed by atoms with Gasteiger partial charge >= 0.3 is 5.97 Å². The first-order valence-corrected chi connectivity index (χ1v) is 8.39. The van der Waals surface area contributed by atoms with Crippen LogP contribution in [0.5, 0.6) is 0 Å². The molecule has 2 N–H and O–H groups in total. The van der Waals surface area contributed by atoms with Gasteiger partial charge in [0, 0.05) is 5.92 Å². The van der Waals surface area contributed by atoms with Crippen LogP contribution in [0.3, 0.4) is 0 Å². The number of aromatic carboxylic acids is 1. The minimum atomic E-state index is -1.03. The molecule has 1 aliphatic carbocycles. The molecule has 4 nitrogen and oxygen atoms in total. The molecule has 3 rings (SSSR count). The Labute approximate surface area is 141 Å². The maximum atomic E-state index is 12.5. The van der Waals surface area contributed by atoms with E-state index in [0.717, 1.165) is 36.8 Å². The molecule has 0 spiro atoms. The zero-order valence-corrected chi connectivity index (χ0v) is 13.5. The molecule has 2 aromatic rings. The molecule has 1 fully saturated rings. The van der Waals surface area contributed by atoms with E-state index >= 15 is 0 Å². The molecule has 1 saturated carbocycles. The van der Waals surface area contributed by atoms with Gasteiger partial charge in [-0.1, -0.05) is 55.7 Å². The van der Waals surface area contributed by atoms with Crippen LogP contribution in [0.1, 0.15) is 42.5 Å². The monoisotopic (exact) mass is 323 g/mol. The second kappa shape index (κ2) is 7.30. The van der Waals surface area contributed by atoms with Crippen molar-refractivity contribution in [1.82, 2.24) is 0 Å². The molecule has 2 aromatic carbocycles. The predicted molar refractivity (Wildman–Crippen MR) is 94.0 cm³/mol. The van der Waals surface area contributed by atoms with Gasteiger partial charge in [0.25, 0.3) is 0 Å². The minimum Gasteiger partial charge on any atom is -0.478 e. The molecule has 0 aliphatic heterocycles. The number of amides is 1. The Morgan fingerprint density at radius 2 is 1.62 bits per heavy atom. The largest absolute Gasteiger partial charge is 0.478 e. The fraction of sp³-hybridized carbons (Fsp3) is 0.300. The van der Waals surface area contributed by atoms with Crippen LogP contribution in [-0.2, 0) is 4.79 Å². The number of anilines is 1. The molecule has 1 aliphatic rings. The van der Waals surface area contributed by atoms with Gasteiger partial charge in [-0.15, -0.1) is 0 Å². The number of carbonyl (C=O) groups is 2. The number of nitrogens with one attached hydrogen (secondary N) is 1. The average Bonchev–Trinajstić information content (AvgIpc) is 2.63. The highest BCUT2D eigenvalue weighted by Gasteiger charge is 2.23. The molecule has 24 heavy (non-hydrogen) atoms. The summed E-state index contributed by atoms with van der Waals surface area (Å²) in [6, 6.07) is 14.8. The highest BCUT2D eigenvalue weighted by Crippen LogP contribution is 2.29. The first-order chi connectivity index (χ1) is 11.6. The quantitative estimate of drug-likeness (QED) is 0.866. The average molecular weight is 323 g/mol. The summed E-state index contributed by atoms with van der Waals surface area (Å²) >= 11 is 0. The summed E-state index contributed by atoms with van der Waals surface area (Å²) in [5.74, 6) is -1.11. The van der Waals surface area contributed by atoms with Crippen molar-refractivity contribution >= 4 is 17.6 Å². The molecule has 0 radical (unpaired) electrons. The molecule has 0 atom stereocenters. The van der Waals surface area contributed by atoms with Crippen LogP contribution < -0.4 is 5.32 Å². The summed E-state index contributed by atoms with van der Waals surface area (Å²) < 4.78 is 0. The summed E-state index contributed by atoms with van der Waals surface area (Å²) in [6.45, 7) is 0. The lowest BCUT2D eigenvalue weighted by molar-refractivity contribution is -0.120. The van der Waals surface area contributed by atoms with Gasteiger partial charge in [-0.25, -0.2) is 4.79 Å². The van der Waals surface area contributed by atoms with Crippen LogP contribution >= 0.6 is 0 Å². The Kier molecular flexibility index (Phi) is 4.94. The van der Waals surface area contributed by atoms with E-state index in [9.17, 15) is 14.7 Å². The van der Waals surface area contributed by atoms with E-state index in [-0.39, 0.29) is 17.4 Å². The van der Waals surface area contributed by atoms with Gasteiger partial charge in [0.2, 0.25) is 5.91 Å². The number of carbonyl (C=O) groups excluding carboxylic acids is 1. The highest BCUT2D eigenvalue weighted by molar-refractivity contribution is 6.02. The van der Waals surface area contributed by atoms with E-state index in [1.54, 1.807) is 18.2 Å². The summed E-state index contributed by atoms with van der Waals surface area (Å²) in [5.41, 5.74) is 2.38. The SMILES string of the molecule is O=C(O)c1ccc(-c2ccccc2)cc1NC(=O)C1CCCCC1. The molecule has 124 valence electrons. The van der Waals surface area contributed by atoms with Gasteiger partial charge in [0.05, 0.1) is 11.3 Å². The predicted octanol–water partition coefficient (Wildman–Crippen LogP) is 4.57. The second-order valence-electron chi connectivity index (χ2n) is 6.26. The third-order valence-corrected chi connectivity index (χ3v) is 4.59. The standard InChI is InChI=1S/C20H21NO3/c22-19(15-9-5-2-6-10-15)21-18-13-16(11-12-17(18)20(23)24)14-7-3-1-4-8-14/h1,3-4,7-8,11-13,15H,2,5-6,9-10H2,(H,21,22)(H,23,24). The smallest absolute Gasteiger partial charge is 0.337 e. The van der Waals surface area contributed by atoms with Gasteiger partial charge in [-0.05, 0) is 36.1 Å². The molecule has 0 bridgehead atoms. The Morgan fingerprint density at radius 1 is 0.917 bits per heavy atom. The lowest BCUT2D eigenvalue weighted by Crippen LogP contribution is -2.25. The van der Waals surface area contributed by atoms with Crippen LogP contribution in [0.15, 0.2) is 48.5 Å². The van der Waals surface area contributed by atoms with E-state index in [1.165, 1.54) is 6.42 Å². The highest BCUT2D eigenvalue weighted by atomic mass is 16.4. The molecular formula is C20H21NO3. The van der Waals surface area contributed by atoms with Crippen molar-refractivity contribution < 1.29 is 14.7 Å². The van der Waals surface area contributed by atoms with E-state index in [4.69, 9.17) is 0 Å². The van der Waals surface area contributed by atoms with Gasteiger partial charge in [0.1, 0.15) is 0 Å². The van der Waals surface area contributed by atoms with E-state index in [1.807, 2.05) is 30.3 Å². The third-order valence-electron chi connectivity index (χ3n) is 4.59. The van der Waals surface area contributed by atoms with Crippen LogP contribution in [0.2, 0.25) is 0 Å². The van der Waals surface area contributed by atoms with Crippen LogP contribution in [0.25, 0.3) is 11.1 Å². The van der Waals surface area contributed by atoms with Gasteiger partial charge in [0.15, 0.2) is 0 Å². The maximum Gasteiger partial charge on any atom is 0.337 e. The van der Waals surface area contributed by atoms with Gasteiger partial charge in [-0.2, -0.15) is 0 Å². The van der Waals surface area contributed by atoms with E-state index in [2.05, 4.69) is 5.32 Å². The molecule has 0 aromatic heterocycles. The number of rotatable bonds is 4. The number of hydrogen-bond donors (Lipinski definition) is 2. The Balaban J connectivity index is 1.89. The Morgan fingerprint density at radius 3 is 2.29 bits per heavy atom. The maximum absolute atomic E-state index is 12.5. The summed E-state index contributed by atoms with van der Waals surface area (Å²) in [7, 11) is 0. The van der Waals surface area contributed by atoms with Crippen LogP contribution in [-0.4, -0.2) is 17.0 Å². The zero-order valence-electron chi connectivity index (χ0n) is 13.5. The molecule has 0 heterocycles. The molecule has 0 unspecified atom stereocenters. The van der Waals surface area contributed by atoms with Crippen molar-refractivity contribution in [2.75, 3.05) is 5.32 Å². The molecule has 1 amide bonds. The Bertz CT molecular complexity index is 734. The van der Waals surface area contributed by atoms with Crippen LogP contribution in [0.4, 0.5) is 5.69 Å². The molecule has 0 saturated heterocycles. The van der Waals surface area contributed by atoms with Gasteiger partial charge in [-0.3, -0.25) is 4.79 Å². The zero-order chi connectivity index (χ0) is 16.9. The number of benzene rings is 2. The van der Waals surface area contributed by atoms with Crippen molar-refractivity contribution in [2.45, 2.75) is 32.1 Å². The lowest BCUT2D eigenvalue weighted by atomic mass is 9.88. The number of carboxylic acids is 1. The van der Waals surface area contributed by atoms with Crippen LogP contribution in [0, 0.1) is 5.92 Å². The second-order valence-corrected chi connectivity index (χ2v) is 6.26. The van der Waals surface area contributed by atoms with E-state index < -0.39 is 5.97 Å². The fourth-order valence-electron chi connectivity index (χ4n) is 3.24. The van der Waals surface area contributed by atoms with Crippen molar-refractivity contribution in [3.05, 3.63) is 54.1 Å². The van der Waals surface area contributed by atoms with Crippen molar-refractivity contribution in [2.24, 2.45) is 5.92 Å². The number of carboxylic acid groups (broad SMARTS) is 1. The van der Waals surface area contributed by atoms with Gasteiger partial charge < -0.3 is 10.4 Å². The van der Waals surface area contributed by atoms with Crippen molar-refractivity contribution in [3.8, 4) is 11.1 Å². The van der Waals surface area contributed by atoms with Crippen molar-refractivity contribution in [1.29, 1.82) is 0 Å². The molecule has 4 heteroatoms. The topological polar surface area (TPSA) is 66.4 Å². The number of hydrogen-bond acceptors (Lipinski definition) is 2. The third kappa shape index (κ3) is 3.65. The summed E-state index contributed by atoms with van der Waals surface area (Å²) in [5, 5.41) is 12.3. The minimum absolute atomic E-state index is 0.0132. The first kappa shape index (κ1) is 16.2. The summed E-state index contributed by atoms with van der Waals surface area (Å²) in [4.78, 5) is 24.0. The Hall–Kier alpha value is -2.62. The van der Waals surface area contributed by atoms with E-state index in [0.29, 0.717) is 5.69 Å². The van der Waals surface area contributed by atoms with Crippen molar-refractivity contribution in [3.63, 3.8) is 0 Å². The first-order valence-electron chi connectivity index (χ1n) is 8.39. The lowest BCUT2D eigenvalue weighted by Gasteiger charge is -2.21.